The van der Waals surface area contributed by atoms with E-state index in [1.165, 1.54) is 12.3 Å². The first-order valence-corrected chi connectivity index (χ1v) is 16.8. The molecule has 2 amide bonds. The second kappa shape index (κ2) is 18.5. The summed E-state index contributed by atoms with van der Waals surface area (Å²) in [5.74, 6) is 0.271. The molecule has 12 heteroatoms. The van der Waals surface area contributed by atoms with Gasteiger partial charge in [0.1, 0.15) is 18.4 Å². The number of amides is 2. The molecule has 0 bridgehead atoms. The standard InChI is InChI=1S/C37H35Cl4N3O5/c1-4-9-26-16-25(18-34(47-5-2)35(26)48-22-27-12-13-28(38)19-30(27)40)21-42-44-37(46)32(17-24-10-7-6-8-11-24)43-36(45)23(3)49-33-15-14-29(39)20-31(33)41/h4,6-8,10-16,18-21,23,32H,1,5,9,17,22H2,2-3H3,(H,43,45)(H,44,46)/b42-21-/t23-,32-/m0/s1. The fraction of sp³-hybridized carbons (Fsp3) is 0.216. The van der Waals surface area contributed by atoms with E-state index in [0.717, 1.165) is 16.7 Å². The van der Waals surface area contributed by atoms with E-state index in [1.54, 1.807) is 49.4 Å². The van der Waals surface area contributed by atoms with Crippen molar-refractivity contribution in [2.75, 3.05) is 6.61 Å². The van der Waals surface area contributed by atoms with Crippen LogP contribution in [-0.4, -0.2) is 36.8 Å². The summed E-state index contributed by atoms with van der Waals surface area (Å²) in [5.41, 5.74) is 5.60. The Hall–Kier alpha value is -4.21. The highest BCUT2D eigenvalue weighted by atomic mass is 35.5. The van der Waals surface area contributed by atoms with Crippen molar-refractivity contribution in [1.82, 2.24) is 10.7 Å². The molecule has 4 aromatic carbocycles. The van der Waals surface area contributed by atoms with Gasteiger partial charge in [-0.2, -0.15) is 5.10 Å². The van der Waals surface area contributed by atoms with Crippen LogP contribution in [0.5, 0.6) is 17.2 Å². The average Bonchev–Trinajstić information content (AvgIpc) is 3.06. The van der Waals surface area contributed by atoms with Crippen LogP contribution in [0.1, 0.15) is 36.1 Å². The second-order valence-corrected chi connectivity index (χ2v) is 12.5. The van der Waals surface area contributed by atoms with Crippen molar-refractivity contribution >= 4 is 64.4 Å². The zero-order chi connectivity index (χ0) is 35.3. The van der Waals surface area contributed by atoms with Crippen molar-refractivity contribution in [1.29, 1.82) is 0 Å². The minimum absolute atomic E-state index is 0.189. The maximum atomic E-state index is 13.4. The highest BCUT2D eigenvalue weighted by Crippen LogP contribution is 2.35. The summed E-state index contributed by atoms with van der Waals surface area (Å²) < 4.78 is 17.9. The molecule has 2 atom stereocenters. The molecule has 0 saturated heterocycles. The topological polar surface area (TPSA) is 98.3 Å². The molecule has 8 nitrogen and oxygen atoms in total. The van der Waals surface area contributed by atoms with Crippen LogP contribution in [0.15, 0.2) is 96.6 Å². The van der Waals surface area contributed by atoms with E-state index in [0.29, 0.717) is 45.2 Å². The third-order valence-corrected chi connectivity index (χ3v) is 8.19. The number of carbonyl (C=O) groups excluding carboxylic acids is 2. The highest BCUT2D eigenvalue weighted by molar-refractivity contribution is 6.35. The first kappa shape index (κ1) is 37.6. The molecule has 4 rings (SSSR count). The van der Waals surface area contributed by atoms with E-state index >= 15 is 0 Å². The fourth-order valence-corrected chi connectivity index (χ4v) is 5.61. The maximum absolute atomic E-state index is 13.4. The van der Waals surface area contributed by atoms with Crippen LogP contribution in [0, 0.1) is 0 Å². The first-order valence-electron chi connectivity index (χ1n) is 15.3. The van der Waals surface area contributed by atoms with Gasteiger partial charge in [0, 0.05) is 32.6 Å². The van der Waals surface area contributed by atoms with E-state index in [9.17, 15) is 9.59 Å². The molecule has 49 heavy (non-hydrogen) atoms. The van der Waals surface area contributed by atoms with Crippen molar-refractivity contribution in [3.05, 3.63) is 134 Å². The Balaban J connectivity index is 1.50. The predicted octanol–water partition coefficient (Wildman–Crippen LogP) is 8.65. The number of benzene rings is 4. The Morgan fingerprint density at radius 2 is 1.57 bits per heavy atom. The molecule has 0 fully saturated rings. The number of nitrogens with one attached hydrogen (secondary N) is 2. The van der Waals surface area contributed by atoms with Crippen LogP contribution in [-0.2, 0) is 29.0 Å². The number of allylic oxidation sites excluding steroid dienone is 1. The molecule has 0 unspecified atom stereocenters. The van der Waals surface area contributed by atoms with Crippen LogP contribution in [0.25, 0.3) is 0 Å². The van der Waals surface area contributed by atoms with Crippen molar-refractivity contribution in [2.45, 2.75) is 45.4 Å². The molecule has 0 radical (unpaired) electrons. The maximum Gasteiger partial charge on any atom is 0.262 e. The molecule has 256 valence electrons. The summed E-state index contributed by atoms with van der Waals surface area (Å²) in [7, 11) is 0. The quantitative estimate of drug-likeness (QED) is 0.0681. The van der Waals surface area contributed by atoms with Gasteiger partial charge >= 0.3 is 0 Å². The normalized spacial score (nSPS) is 12.2. The van der Waals surface area contributed by atoms with E-state index in [2.05, 4.69) is 22.4 Å². The Morgan fingerprint density at radius 1 is 0.857 bits per heavy atom. The summed E-state index contributed by atoms with van der Waals surface area (Å²) in [4.78, 5) is 26.6. The van der Waals surface area contributed by atoms with Crippen LogP contribution in [0.2, 0.25) is 20.1 Å². The van der Waals surface area contributed by atoms with Crippen LogP contribution in [0.4, 0.5) is 0 Å². The molecule has 0 heterocycles. The van der Waals surface area contributed by atoms with Gasteiger partial charge in [0.2, 0.25) is 0 Å². The SMILES string of the molecule is C=CCc1cc(/C=N\NC(=O)[C@H](Cc2ccccc2)NC(=O)[C@H](C)Oc2ccc(Cl)cc2Cl)cc(OCC)c1OCc1ccc(Cl)cc1Cl. The molecule has 0 aliphatic rings. The van der Waals surface area contributed by atoms with Gasteiger partial charge in [-0.25, -0.2) is 5.43 Å². The zero-order valence-electron chi connectivity index (χ0n) is 26.9. The highest BCUT2D eigenvalue weighted by Gasteiger charge is 2.25. The largest absolute Gasteiger partial charge is 0.490 e. The van der Waals surface area contributed by atoms with Crippen molar-refractivity contribution in [2.24, 2.45) is 5.10 Å². The van der Waals surface area contributed by atoms with Crippen molar-refractivity contribution in [3.8, 4) is 17.2 Å². The summed E-state index contributed by atoms with van der Waals surface area (Å²) in [6.07, 6.45) is 2.96. The molecule has 0 spiro atoms. The number of ether oxygens (including phenoxy) is 3. The Morgan fingerprint density at radius 3 is 2.24 bits per heavy atom. The lowest BCUT2D eigenvalue weighted by atomic mass is 10.1. The minimum atomic E-state index is -0.968. The van der Waals surface area contributed by atoms with Gasteiger partial charge in [0.15, 0.2) is 17.6 Å². The van der Waals surface area contributed by atoms with E-state index in [4.69, 9.17) is 60.6 Å². The van der Waals surface area contributed by atoms with Gasteiger partial charge in [-0.05, 0) is 73.9 Å². The summed E-state index contributed by atoms with van der Waals surface area (Å²) in [6.45, 7) is 7.87. The van der Waals surface area contributed by atoms with Gasteiger partial charge in [0.25, 0.3) is 11.8 Å². The number of hydrogen-bond acceptors (Lipinski definition) is 6. The predicted molar refractivity (Wildman–Crippen MR) is 197 cm³/mol. The number of halogens is 4. The van der Waals surface area contributed by atoms with E-state index in [1.807, 2.05) is 43.3 Å². The Kier molecular flexibility index (Phi) is 14.2. The van der Waals surface area contributed by atoms with Gasteiger partial charge < -0.3 is 19.5 Å². The lowest BCUT2D eigenvalue weighted by Gasteiger charge is -2.21. The number of rotatable bonds is 16. The monoisotopic (exact) mass is 741 g/mol. The summed E-state index contributed by atoms with van der Waals surface area (Å²) in [6, 6.07) is 21.9. The number of hydrogen-bond donors (Lipinski definition) is 2. The van der Waals surface area contributed by atoms with Crippen LogP contribution >= 0.6 is 46.4 Å². The van der Waals surface area contributed by atoms with Gasteiger partial charge in [-0.1, -0.05) is 88.9 Å². The van der Waals surface area contributed by atoms with Crippen LogP contribution < -0.4 is 25.0 Å². The van der Waals surface area contributed by atoms with Crippen molar-refractivity contribution in [3.63, 3.8) is 0 Å². The van der Waals surface area contributed by atoms with Gasteiger partial charge in [0.05, 0.1) is 17.8 Å². The fourth-order valence-electron chi connectivity index (χ4n) is 4.69. The van der Waals surface area contributed by atoms with E-state index in [-0.39, 0.29) is 23.8 Å². The van der Waals surface area contributed by atoms with Crippen molar-refractivity contribution < 1.29 is 23.8 Å². The smallest absolute Gasteiger partial charge is 0.262 e. The molecular formula is C37H35Cl4N3O5. The number of hydrazone groups is 1. The van der Waals surface area contributed by atoms with Gasteiger partial charge in [-0.15, -0.1) is 6.58 Å². The average molecular weight is 744 g/mol. The molecule has 0 aromatic heterocycles. The Bertz CT molecular complexity index is 1800. The van der Waals surface area contributed by atoms with E-state index < -0.39 is 24.0 Å². The number of carbonyl (C=O) groups is 2. The molecule has 0 saturated carbocycles. The Labute approximate surface area is 305 Å². The molecule has 0 aliphatic heterocycles. The summed E-state index contributed by atoms with van der Waals surface area (Å²) in [5, 5.41) is 8.69. The third kappa shape index (κ3) is 11.2. The lowest BCUT2D eigenvalue weighted by Crippen LogP contribution is -2.50. The molecular weight excluding hydrogens is 708 g/mol. The second-order valence-electron chi connectivity index (χ2n) is 10.8. The first-order chi connectivity index (χ1) is 23.6. The molecule has 2 N–H and O–H groups in total. The third-order valence-electron chi connectivity index (χ3n) is 7.08. The summed E-state index contributed by atoms with van der Waals surface area (Å²) >= 11 is 24.6. The zero-order valence-corrected chi connectivity index (χ0v) is 29.9. The molecule has 4 aromatic rings. The van der Waals surface area contributed by atoms with Gasteiger partial charge in [-0.3, -0.25) is 9.59 Å². The lowest BCUT2D eigenvalue weighted by molar-refractivity contribution is -0.132. The minimum Gasteiger partial charge on any atom is -0.490 e. The number of nitrogens with zero attached hydrogens (tertiary/aromatic N) is 1. The van der Waals surface area contributed by atoms with Crippen LogP contribution in [0.3, 0.4) is 0 Å². The molecule has 0 aliphatic carbocycles.